The Balaban J connectivity index is 1.65. The second kappa shape index (κ2) is 8.99. The first-order valence-electron chi connectivity index (χ1n) is 8.58. The Bertz CT molecular complexity index is 1020. The van der Waals surface area contributed by atoms with Crippen molar-refractivity contribution in [2.75, 3.05) is 19.0 Å². The van der Waals surface area contributed by atoms with Crippen LogP contribution in [-0.2, 0) is 6.42 Å². The Hall–Kier alpha value is -3.34. The number of halogens is 3. The largest absolute Gasteiger partial charge is 0.573 e. The van der Waals surface area contributed by atoms with Crippen LogP contribution in [-0.4, -0.2) is 41.1 Å². The van der Waals surface area contributed by atoms with Crippen molar-refractivity contribution in [3.63, 3.8) is 0 Å². The van der Waals surface area contributed by atoms with Crippen LogP contribution in [0.1, 0.15) is 15.2 Å². The van der Waals surface area contributed by atoms with Gasteiger partial charge in [-0.1, -0.05) is 12.1 Å². The van der Waals surface area contributed by atoms with Crippen molar-refractivity contribution in [3.05, 3.63) is 52.9 Å². The Morgan fingerprint density at radius 2 is 1.90 bits per heavy atom. The number of thiophene rings is 1. The van der Waals surface area contributed by atoms with Gasteiger partial charge in [0.05, 0.1) is 17.7 Å². The van der Waals surface area contributed by atoms with Crippen LogP contribution in [0.25, 0.3) is 10.6 Å². The number of alkyl halides is 3. The number of aromatic carboxylic acids is 1. The Labute approximate surface area is 173 Å². The highest BCUT2D eigenvalue weighted by molar-refractivity contribution is 7.17. The Morgan fingerprint density at radius 1 is 1.17 bits per heavy atom. The van der Waals surface area contributed by atoms with Crippen LogP contribution in [0.4, 0.5) is 19.0 Å². The van der Waals surface area contributed by atoms with Gasteiger partial charge in [-0.3, -0.25) is 0 Å². The normalized spacial score (nSPS) is 11.2. The lowest BCUT2D eigenvalue weighted by atomic mass is 10.1. The number of ether oxygens (including phenoxy) is 2. The zero-order chi connectivity index (χ0) is 21.7. The number of anilines is 1. The van der Waals surface area contributed by atoms with Gasteiger partial charge in [-0.05, 0) is 36.2 Å². The lowest BCUT2D eigenvalue weighted by Crippen LogP contribution is -2.17. The minimum Gasteiger partial charge on any atom is -0.477 e. The fraction of sp³-hybridized carbons (Fsp3) is 0.211. The highest BCUT2D eigenvalue weighted by Crippen LogP contribution is 2.29. The van der Waals surface area contributed by atoms with Crippen LogP contribution in [0.3, 0.4) is 0 Å². The van der Waals surface area contributed by atoms with E-state index in [4.69, 9.17) is 9.84 Å². The van der Waals surface area contributed by atoms with Crippen molar-refractivity contribution in [2.24, 2.45) is 0 Å². The average molecular weight is 439 g/mol. The molecule has 0 unspecified atom stereocenters. The van der Waals surface area contributed by atoms with Crippen LogP contribution in [0.5, 0.6) is 11.8 Å². The van der Waals surface area contributed by atoms with Gasteiger partial charge < -0.3 is 19.9 Å². The number of carboxylic acid groups (broad SMARTS) is 1. The maximum absolute atomic E-state index is 12.2. The summed E-state index contributed by atoms with van der Waals surface area (Å²) in [5.41, 5.74) is 1.32. The molecule has 0 saturated heterocycles. The van der Waals surface area contributed by atoms with Gasteiger partial charge in [-0.2, -0.15) is 9.97 Å². The van der Waals surface area contributed by atoms with E-state index < -0.39 is 12.3 Å². The van der Waals surface area contributed by atoms with Gasteiger partial charge in [0.2, 0.25) is 0 Å². The topological polar surface area (TPSA) is 93.6 Å². The van der Waals surface area contributed by atoms with Gasteiger partial charge in [0, 0.05) is 12.6 Å². The standard InChI is InChI=1S/C19H16F3N3O4S/c1-28-18-24-13(14-6-7-15(30-14)17(26)27)10-16(25-18)23-9-8-11-2-4-12(5-3-11)29-19(20,21)22/h2-7,10H,8-9H2,1H3,(H,26,27)(H,23,24,25). The van der Waals surface area contributed by atoms with E-state index in [-0.39, 0.29) is 16.6 Å². The molecular formula is C19H16F3N3O4S. The van der Waals surface area contributed by atoms with E-state index in [2.05, 4.69) is 20.0 Å². The van der Waals surface area contributed by atoms with Gasteiger partial charge in [0.15, 0.2) is 0 Å². The minimum absolute atomic E-state index is 0.119. The van der Waals surface area contributed by atoms with Gasteiger partial charge in [-0.15, -0.1) is 24.5 Å². The molecule has 0 amide bonds. The number of methoxy groups -OCH3 is 1. The summed E-state index contributed by atoms with van der Waals surface area (Å²) in [6.07, 6.45) is -4.20. The molecule has 3 rings (SSSR count). The van der Waals surface area contributed by atoms with Crippen LogP contribution < -0.4 is 14.8 Å². The molecule has 2 heterocycles. The monoisotopic (exact) mass is 439 g/mol. The highest BCUT2D eigenvalue weighted by Gasteiger charge is 2.30. The summed E-state index contributed by atoms with van der Waals surface area (Å²) in [6.45, 7) is 0.448. The number of nitrogens with zero attached hydrogens (tertiary/aromatic N) is 2. The number of rotatable bonds is 8. The fourth-order valence-electron chi connectivity index (χ4n) is 2.52. The first-order chi connectivity index (χ1) is 14.2. The Morgan fingerprint density at radius 3 is 2.50 bits per heavy atom. The molecule has 0 saturated carbocycles. The van der Waals surface area contributed by atoms with Crippen LogP contribution >= 0.6 is 11.3 Å². The summed E-state index contributed by atoms with van der Waals surface area (Å²) >= 11 is 1.08. The smallest absolute Gasteiger partial charge is 0.477 e. The van der Waals surface area contributed by atoms with Gasteiger partial charge in [-0.25, -0.2) is 4.79 Å². The summed E-state index contributed by atoms with van der Waals surface area (Å²) in [7, 11) is 1.42. The predicted molar refractivity (Wildman–Crippen MR) is 104 cm³/mol. The lowest BCUT2D eigenvalue weighted by molar-refractivity contribution is -0.274. The second-order valence-electron chi connectivity index (χ2n) is 5.96. The number of carboxylic acids is 1. The number of hydrogen-bond acceptors (Lipinski definition) is 7. The molecule has 7 nitrogen and oxygen atoms in total. The third-order valence-corrected chi connectivity index (χ3v) is 4.93. The molecule has 0 spiro atoms. The maximum atomic E-state index is 12.2. The first kappa shape index (κ1) is 21.4. The molecule has 2 aromatic heterocycles. The van der Waals surface area contributed by atoms with Crippen molar-refractivity contribution < 1.29 is 32.5 Å². The molecule has 3 aromatic rings. The molecule has 0 aliphatic carbocycles. The second-order valence-corrected chi connectivity index (χ2v) is 7.05. The van der Waals surface area contributed by atoms with E-state index in [1.807, 2.05) is 0 Å². The van der Waals surface area contributed by atoms with Crippen LogP contribution in [0.2, 0.25) is 0 Å². The van der Waals surface area contributed by atoms with Crippen molar-refractivity contribution in [3.8, 4) is 22.3 Å². The molecule has 2 N–H and O–H groups in total. The molecule has 0 fully saturated rings. The molecule has 11 heteroatoms. The quantitative estimate of drug-likeness (QED) is 0.535. The molecule has 158 valence electrons. The van der Waals surface area contributed by atoms with E-state index in [0.29, 0.717) is 29.4 Å². The predicted octanol–water partition coefficient (Wildman–Crippen LogP) is 4.47. The van der Waals surface area contributed by atoms with Crippen LogP contribution in [0, 0.1) is 0 Å². The molecule has 30 heavy (non-hydrogen) atoms. The zero-order valence-corrected chi connectivity index (χ0v) is 16.4. The van der Waals surface area contributed by atoms with E-state index >= 15 is 0 Å². The number of carbonyl (C=O) groups is 1. The molecule has 0 radical (unpaired) electrons. The van der Waals surface area contributed by atoms with E-state index in [1.54, 1.807) is 24.3 Å². The molecule has 1 aromatic carbocycles. The van der Waals surface area contributed by atoms with E-state index in [0.717, 1.165) is 16.9 Å². The van der Waals surface area contributed by atoms with Crippen LogP contribution in [0.15, 0.2) is 42.5 Å². The van der Waals surface area contributed by atoms with Gasteiger partial charge in [0.1, 0.15) is 16.4 Å². The van der Waals surface area contributed by atoms with Gasteiger partial charge in [0.25, 0.3) is 0 Å². The number of hydrogen-bond donors (Lipinski definition) is 2. The maximum Gasteiger partial charge on any atom is 0.573 e. The summed E-state index contributed by atoms with van der Waals surface area (Å²) in [4.78, 5) is 20.4. The summed E-state index contributed by atoms with van der Waals surface area (Å²) in [5, 5.41) is 12.2. The molecule has 0 aliphatic rings. The summed E-state index contributed by atoms with van der Waals surface area (Å²) in [6, 6.07) is 10.5. The third kappa shape index (κ3) is 5.83. The van der Waals surface area contributed by atoms with Crippen molar-refractivity contribution in [1.82, 2.24) is 9.97 Å². The average Bonchev–Trinajstić information content (AvgIpc) is 3.19. The summed E-state index contributed by atoms with van der Waals surface area (Å²) in [5.74, 6) is -0.822. The third-order valence-electron chi connectivity index (χ3n) is 3.83. The Kier molecular flexibility index (Phi) is 6.40. The number of nitrogens with one attached hydrogen (secondary N) is 1. The van der Waals surface area contributed by atoms with E-state index in [1.165, 1.54) is 25.3 Å². The molecule has 0 atom stereocenters. The molecular weight excluding hydrogens is 423 g/mol. The fourth-order valence-corrected chi connectivity index (χ4v) is 3.32. The van der Waals surface area contributed by atoms with Crippen molar-refractivity contribution >= 4 is 23.1 Å². The van der Waals surface area contributed by atoms with Crippen molar-refractivity contribution in [2.45, 2.75) is 12.8 Å². The lowest BCUT2D eigenvalue weighted by Gasteiger charge is -2.10. The molecule has 0 aliphatic heterocycles. The summed E-state index contributed by atoms with van der Waals surface area (Å²) < 4.78 is 45.6. The van der Waals surface area contributed by atoms with E-state index in [9.17, 15) is 18.0 Å². The highest BCUT2D eigenvalue weighted by atomic mass is 32.1. The molecule has 0 bridgehead atoms. The zero-order valence-electron chi connectivity index (χ0n) is 15.6. The SMILES string of the molecule is COc1nc(NCCc2ccc(OC(F)(F)F)cc2)cc(-c2ccc(C(=O)O)s2)n1. The van der Waals surface area contributed by atoms with Gasteiger partial charge >= 0.3 is 18.3 Å². The first-order valence-corrected chi connectivity index (χ1v) is 9.40. The van der Waals surface area contributed by atoms with Crippen molar-refractivity contribution in [1.29, 1.82) is 0 Å². The number of benzene rings is 1. The minimum atomic E-state index is -4.72. The number of aromatic nitrogens is 2.